The van der Waals surface area contributed by atoms with Gasteiger partial charge in [0, 0.05) is 12.4 Å². The molecule has 0 saturated heterocycles. The monoisotopic (exact) mass is 373 g/mol. The van der Waals surface area contributed by atoms with Crippen LogP contribution in [0.15, 0.2) is 30.6 Å². The summed E-state index contributed by atoms with van der Waals surface area (Å²) in [7, 11) is 0. The third kappa shape index (κ3) is 4.54. The van der Waals surface area contributed by atoms with Gasteiger partial charge < -0.3 is 10.1 Å². The van der Waals surface area contributed by atoms with Crippen LogP contribution >= 0.6 is 34.8 Å². The van der Waals surface area contributed by atoms with Gasteiger partial charge in [-0.05, 0) is 25.1 Å². The smallest absolute Gasteiger partial charge is 0.342 e. The molecule has 2 rings (SSSR count). The molecule has 1 N–H and O–H groups in total. The van der Waals surface area contributed by atoms with Crippen molar-refractivity contribution in [3.8, 4) is 0 Å². The van der Waals surface area contributed by atoms with Gasteiger partial charge in [0.05, 0.1) is 15.6 Å². The summed E-state index contributed by atoms with van der Waals surface area (Å²) in [6.07, 6.45) is 1.67. The fourth-order valence-corrected chi connectivity index (χ4v) is 2.16. The summed E-state index contributed by atoms with van der Waals surface area (Å²) in [5, 5.41) is 2.93. The lowest BCUT2D eigenvalue weighted by molar-refractivity contribution is -0.123. The lowest BCUT2D eigenvalue weighted by Gasteiger charge is -2.14. The Kier molecular flexibility index (Phi) is 5.76. The summed E-state index contributed by atoms with van der Waals surface area (Å²) >= 11 is 17.4. The highest BCUT2D eigenvalue weighted by atomic mass is 35.5. The third-order valence-corrected chi connectivity index (χ3v) is 3.48. The average Bonchev–Trinajstić information content (AvgIpc) is 2.50. The average molecular weight is 375 g/mol. The maximum Gasteiger partial charge on any atom is 0.342 e. The van der Waals surface area contributed by atoms with Crippen molar-refractivity contribution in [1.29, 1.82) is 0 Å². The second kappa shape index (κ2) is 7.59. The van der Waals surface area contributed by atoms with Crippen LogP contribution in [0.3, 0.4) is 0 Å². The highest BCUT2D eigenvalue weighted by Crippen LogP contribution is 2.23. The molecule has 0 bridgehead atoms. The molecular formula is C14H10Cl3N3O3. The van der Waals surface area contributed by atoms with Gasteiger partial charge in [-0.1, -0.05) is 34.8 Å². The SMILES string of the molecule is C[C@H](OC(=O)c1cccnc1Cl)C(=O)Nc1ncc(Cl)cc1Cl. The molecule has 0 radical (unpaired) electrons. The molecule has 0 fully saturated rings. The van der Waals surface area contributed by atoms with Gasteiger partial charge in [0.25, 0.3) is 5.91 Å². The van der Waals surface area contributed by atoms with Crippen LogP contribution in [-0.4, -0.2) is 27.9 Å². The van der Waals surface area contributed by atoms with Gasteiger partial charge in [-0.2, -0.15) is 0 Å². The van der Waals surface area contributed by atoms with Crippen molar-refractivity contribution in [3.05, 3.63) is 51.4 Å². The standard InChI is InChI=1S/C14H10Cl3N3O3/c1-7(23-14(22)9-3-2-4-18-11(9)17)13(21)20-12-10(16)5-8(15)6-19-12/h2-7H,1H3,(H,19,20,21)/t7-/m0/s1. The van der Waals surface area contributed by atoms with Crippen molar-refractivity contribution >= 4 is 52.5 Å². The van der Waals surface area contributed by atoms with E-state index < -0.39 is 18.0 Å². The maximum absolute atomic E-state index is 12.0. The summed E-state index contributed by atoms with van der Waals surface area (Å²) in [6.45, 7) is 1.40. The highest BCUT2D eigenvalue weighted by molar-refractivity contribution is 6.36. The van der Waals surface area contributed by atoms with E-state index in [4.69, 9.17) is 39.5 Å². The predicted molar refractivity (Wildman–Crippen MR) is 87.0 cm³/mol. The molecule has 6 nitrogen and oxygen atoms in total. The van der Waals surface area contributed by atoms with Crippen LogP contribution in [0.2, 0.25) is 15.2 Å². The molecule has 2 aromatic rings. The molecule has 0 aliphatic heterocycles. The first-order chi connectivity index (χ1) is 10.9. The number of nitrogens with zero attached hydrogens (tertiary/aromatic N) is 2. The first-order valence-electron chi connectivity index (χ1n) is 6.32. The number of hydrogen-bond donors (Lipinski definition) is 1. The summed E-state index contributed by atoms with van der Waals surface area (Å²) in [4.78, 5) is 31.6. The molecule has 0 unspecified atom stereocenters. The quantitative estimate of drug-likeness (QED) is 0.653. The first-order valence-corrected chi connectivity index (χ1v) is 7.45. The second-order valence-electron chi connectivity index (χ2n) is 4.36. The predicted octanol–water partition coefficient (Wildman–Crippen LogP) is 3.62. The van der Waals surface area contributed by atoms with Crippen LogP contribution < -0.4 is 5.32 Å². The lowest BCUT2D eigenvalue weighted by Crippen LogP contribution is -2.30. The minimum absolute atomic E-state index is 0.00693. The first kappa shape index (κ1) is 17.5. The number of hydrogen-bond acceptors (Lipinski definition) is 5. The molecule has 0 aliphatic carbocycles. The van der Waals surface area contributed by atoms with E-state index in [1.807, 2.05) is 0 Å². The van der Waals surface area contributed by atoms with Crippen molar-refractivity contribution in [3.63, 3.8) is 0 Å². The summed E-state index contributed by atoms with van der Waals surface area (Å²) in [6, 6.07) is 4.41. The Morgan fingerprint density at radius 2 is 2.00 bits per heavy atom. The number of amides is 1. The number of rotatable bonds is 4. The number of carbonyl (C=O) groups excluding carboxylic acids is 2. The zero-order valence-electron chi connectivity index (χ0n) is 11.7. The molecule has 120 valence electrons. The van der Waals surface area contributed by atoms with Gasteiger partial charge in [-0.15, -0.1) is 0 Å². The van der Waals surface area contributed by atoms with Crippen LogP contribution in [0.1, 0.15) is 17.3 Å². The van der Waals surface area contributed by atoms with E-state index in [0.29, 0.717) is 5.02 Å². The summed E-state index contributed by atoms with van der Waals surface area (Å²) in [5.74, 6) is -1.25. The Labute approximate surface area is 146 Å². The molecule has 0 saturated carbocycles. The fraction of sp³-hybridized carbons (Fsp3) is 0.143. The molecule has 1 atom stereocenters. The molecule has 0 aliphatic rings. The van der Waals surface area contributed by atoms with Crippen molar-refractivity contribution in [2.45, 2.75) is 13.0 Å². The van der Waals surface area contributed by atoms with Crippen LogP contribution in [-0.2, 0) is 9.53 Å². The van der Waals surface area contributed by atoms with Gasteiger partial charge in [0.1, 0.15) is 5.15 Å². The Balaban J connectivity index is 2.03. The van der Waals surface area contributed by atoms with Crippen molar-refractivity contribution in [2.24, 2.45) is 0 Å². The number of anilines is 1. The molecular weight excluding hydrogens is 365 g/mol. The van der Waals surface area contributed by atoms with Crippen LogP contribution in [0, 0.1) is 0 Å². The van der Waals surface area contributed by atoms with Crippen molar-refractivity contribution in [1.82, 2.24) is 9.97 Å². The highest BCUT2D eigenvalue weighted by Gasteiger charge is 2.21. The molecule has 0 spiro atoms. The number of aromatic nitrogens is 2. The Morgan fingerprint density at radius 3 is 2.65 bits per heavy atom. The topological polar surface area (TPSA) is 81.2 Å². The van der Waals surface area contributed by atoms with Crippen LogP contribution in [0.4, 0.5) is 5.82 Å². The Hall–Kier alpha value is -1.89. The van der Waals surface area contributed by atoms with E-state index in [2.05, 4.69) is 15.3 Å². The molecule has 2 heterocycles. The Morgan fingerprint density at radius 1 is 1.26 bits per heavy atom. The summed E-state index contributed by atoms with van der Waals surface area (Å²) < 4.78 is 5.04. The zero-order valence-corrected chi connectivity index (χ0v) is 14.0. The van der Waals surface area contributed by atoms with Crippen molar-refractivity contribution < 1.29 is 14.3 Å². The Bertz CT molecular complexity index is 755. The molecule has 23 heavy (non-hydrogen) atoms. The second-order valence-corrected chi connectivity index (χ2v) is 5.56. The number of nitrogens with one attached hydrogen (secondary N) is 1. The third-order valence-electron chi connectivity index (χ3n) is 2.68. The lowest BCUT2D eigenvalue weighted by atomic mass is 10.3. The normalized spacial score (nSPS) is 11.7. The molecule has 1 amide bonds. The molecule has 9 heteroatoms. The largest absolute Gasteiger partial charge is 0.449 e. The number of carbonyl (C=O) groups is 2. The molecule has 0 aromatic carbocycles. The van der Waals surface area contributed by atoms with E-state index in [0.717, 1.165) is 0 Å². The fourth-order valence-electron chi connectivity index (χ4n) is 1.54. The van der Waals surface area contributed by atoms with E-state index in [-0.39, 0.29) is 21.6 Å². The van der Waals surface area contributed by atoms with E-state index >= 15 is 0 Å². The summed E-state index contributed by atoms with van der Waals surface area (Å²) in [5.41, 5.74) is 0.0662. The van der Waals surface area contributed by atoms with Crippen molar-refractivity contribution in [2.75, 3.05) is 5.32 Å². The zero-order chi connectivity index (χ0) is 17.0. The van der Waals surface area contributed by atoms with Crippen LogP contribution in [0.5, 0.6) is 0 Å². The van der Waals surface area contributed by atoms with E-state index in [1.165, 1.54) is 37.5 Å². The van der Waals surface area contributed by atoms with Gasteiger partial charge in [-0.25, -0.2) is 14.8 Å². The van der Waals surface area contributed by atoms with Gasteiger partial charge >= 0.3 is 5.97 Å². The molecule has 2 aromatic heterocycles. The number of halogens is 3. The van der Waals surface area contributed by atoms with Crippen LogP contribution in [0.25, 0.3) is 0 Å². The minimum atomic E-state index is -1.09. The number of esters is 1. The number of ether oxygens (including phenoxy) is 1. The minimum Gasteiger partial charge on any atom is -0.449 e. The number of pyridine rings is 2. The van der Waals surface area contributed by atoms with Gasteiger partial charge in [-0.3, -0.25) is 4.79 Å². The van der Waals surface area contributed by atoms with E-state index in [1.54, 1.807) is 0 Å². The van der Waals surface area contributed by atoms with Gasteiger partial charge in [0.2, 0.25) is 0 Å². The van der Waals surface area contributed by atoms with Gasteiger partial charge in [0.15, 0.2) is 11.9 Å². The van der Waals surface area contributed by atoms with E-state index in [9.17, 15) is 9.59 Å². The maximum atomic E-state index is 12.0.